The van der Waals surface area contributed by atoms with E-state index in [0.717, 1.165) is 19.4 Å². The molecule has 16 heavy (non-hydrogen) atoms. The molecule has 0 radical (unpaired) electrons. The van der Waals surface area contributed by atoms with Crippen LogP contribution in [-0.2, 0) is 19.3 Å². The molecule has 1 rings (SSSR count). The molecular weight excluding hydrogens is 194 g/mol. The van der Waals surface area contributed by atoms with E-state index in [1.807, 2.05) is 7.05 Å². The molecule has 0 fully saturated rings. The fourth-order valence-corrected chi connectivity index (χ4v) is 2.09. The lowest BCUT2D eigenvalue weighted by Crippen LogP contribution is -2.07. The van der Waals surface area contributed by atoms with Crippen LogP contribution >= 0.6 is 0 Å². The Morgan fingerprint density at radius 1 is 1.00 bits per heavy atom. The maximum Gasteiger partial charge on any atom is -0.00518 e. The summed E-state index contributed by atoms with van der Waals surface area (Å²) in [6.45, 7) is 5.61. The van der Waals surface area contributed by atoms with Gasteiger partial charge in [-0.25, -0.2) is 0 Å². The summed E-state index contributed by atoms with van der Waals surface area (Å²) in [5.74, 6) is 0. The minimum Gasteiger partial charge on any atom is -0.320 e. The number of aryl methyl sites for hydroxylation is 3. The molecule has 0 saturated carbocycles. The molecule has 0 heterocycles. The van der Waals surface area contributed by atoms with Gasteiger partial charge < -0.3 is 5.32 Å². The molecule has 0 aliphatic heterocycles. The molecule has 90 valence electrons. The van der Waals surface area contributed by atoms with Crippen LogP contribution in [0, 0.1) is 0 Å². The van der Waals surface area contributed by atoms with E-state index in [9.17, 15) is 0 Å². The second-order valence-corrected chi connectivity index (χ2v) is 4.37. The predicted molar refractivity (Wildman–Crippen MR) is 72.1 cm³/mol. The molecule has 0 aliphatic carbocycles. The zero-order valence-corrected chi connectivity index (χ0v) is 11.0. The van der Waals surface area contributed by atoms with Crippen molar-refractivity contribution in [1.29, 1.82) is 0 Å². The number of rotatable bonds is 7. The van der Waals surface area contributed by atoms with Crippen molar-refractivity contribution in [3.8, 4) is 0 Å². The molecule has 1 N–H and O–H groups in total. The monoisotopic (exact) mass is 219 g/mol. The van der Waals surface area contributed by atoms with Gasteiger partial charge in [0.2, 0.25) is 0 Å². The van der Waals surface area contributed by atoms with Crippen LogP contribution in [0.25, 0.3) is 0 Å². The molecule has 0 aliphatic rings. The number of hydrogen-bond acceptors (Lipinski definition) is 1. The van der Waals surface area contributed by atoms with Gasteiger partial charge in [-0.05, 0) is 62.4 Å². The Kier molecular flexibility index (Phi) is 6.17. The van der Waals surface area contributed by atoms with Crippen LogP contribution in [0.3, 0.4) is 0 Å². The molecule has 0 amide bonds. The van der Waals surface area contributed by atoms with Crippen LogP contribution in [0.15, 0.2) is 18.2 Å². The molecular formula is C15H25N. The summed E-state index contributed by atoms with van der Waals surface area (Å²) in [7, 11) is 2.02. The van der Waals surface area contributed by atoms with E-state index >= 15 is 0 Å². The second-order valence-electron chi connectivity index (χ2n) is 4.37. The maximum absolute atomic E-state index is 3.21. The Bertz CT molecular complexity index is 304. The van der Waals surface area contributed by atoms with Crippen LogP contribution < -0.4 is 5.32 Å². The smallest absolute Gasteiger partial charge is 0.00518 e. The Hall–Kier alpha value is -0.820. The first-order valence-electron chi connectivity index (χ1n) is 6.57. The third kappa shape index (κ3) is 3.97. The third-order valence-electron chi connectivity index (χ3n) is 3.18. The van der Waals surface area contributed by atoms with Crippen molar-refractivity contribution >= 4 is 0 Å². The highest BCUT2D eigenvalue weighted by atomic mass is 14.8. The van der Waals surface area contributed by atoms with Crippen molar-refractivity contribution in [1.82, 2.24) is 5.32 Å². The number of hydrogen-bond donors (Lipinski definition) is 1. The fraction of sp³-hybridized carbons (Fsp3) is 0.600. The van der Waals surface area contributed by atoms with E-state index in [-0.39, 0.29) is 0 Å². The first-order valence-corrected chi connectivity index (χ1v) is 6.57. The van der Waals surface area contributed by atoms with Crippen molar-refractivity contribution < 1.29 is 0 Å². The van der Waals surface area contributed by atoms with Crippen molar-refractivity contribution in [2.75, 3.05) is 13.6 Å². The van der Waals surface area contributed by atoms with Gasteiger partial charge in [0.15, 0.2) is 0 Å². The highest BCUT2D eigenvalue weighted by Crippen LogP contribution is 2.16. The standard InChI is InChI=1S/C15H25N/c1-4-13-9-10-14(5-2)15(12-13)8-6-7-11-16-3/h9-10,12,16H,4-8,11H2,1-3H3. The topological polar surface area (TPSA) is 12.0 Å². The summed E-state index contributed by atoms with van der Waals surface area (Å²) < 4.78 is 0. The number of benzene rings is 1. The Morgan fingerprint density at radius 3 is 2.44 bits per heavy atom. The van der Waals surface area contributed by atoms with Gasteiger partial charge in [0, 0.05) is 0 Å². The summed E-state index contributed by atoms with van der Waals surface area (Å²) >= 11 is 0. The summed E-state index contributed by atoms with van der Waals surface area (Å²) in [5, 5.41) is 3.21. The van der Waals surface area contributed by atoms with Crippen molar-refractivity contribution in [2.45, 2.75) is 46.0 Å². The van der Waals surface area contributed by atoms with E-state index in [4.69, 9.17) is 0 Å². The van der Waals surface area contributed by atoms with Crippen LogP contribution in [0.1, 0.15) is 43.4 Å². The normalized spacial score (nSPS) is 10.7. The highest BCUT2D eigenvalue weighted by molar-refractivity contribution is 5.32. The average molecular weight is 219 g/mol. The van der Waals surface area contributed by atoms with Crippen molar-refractivity contribution in [2.24, 2.45) is 0 Å². The molecule has 0 saturated heterocycles. The lowest BCUT2D eigenvalue weighted by molar-refractivity contribution is 0.674. The molecule has 0 bridgehead atoms. The van der Waals surface area contributed by atoms with E-state index in [2.05, 4.69) is 37.4 Å². The lowest BCUT2D eigenvalue weighted by Gasteiger charge is -2.10. The molecule has 1 nitrogen and oxygen atoms in total. The summed E-state index contributed by atoms with van der Waals surface area (Å²) in [4.78, 5) is 0. The minimum atomic E-state index is 1.13. The van der Waals surface area contributed by atoms with E-state index in [1.165, 1.54) is 30.4 Å². The van der Waals surface area contributed by atoms with Gasteiger partial charge in [0.05, 0.1) is 0 Å². The van der Waals surface area contributed by atoms with Gasteiger partial charge >= 0.3 is 0 Å². The number of nitrogens with one attached hydrogen (secondary N) is 1. The first kappa shape index (κ1) is 13.2. The van der Waals surface area contributed by atoms with E-state index < -0.39 is 0 Å². The Labute approximate surface area is 100 Å². The van der Waals surface area contributed by atoms with Gasteiger partial charge in [0.25, 0.3) is 0 Å². The van der Waals surface area contributed by atoms with Crippen molar-refractivity contribution in [3.63, 3.8) is 0 Å². The van der Waals surface area contributed by atoms with Crippen LogP contribution in [0.4, 0.5) is 0 Å². The fourth-order valence-electron chi connectivity index (χ4n) is 2.09. The Balaban J connectivity index is 2.60. The van der Waals surface area contributed by atoms with E-state index in [1.54, 1.807) is 5.56 Å². The third-order valence-corrected chi connectivity index (χ3v) is 3.18. The van der Waals surface area contributed by atoms with Crippen LogP contribution in [0.2, 0.25) is 0 Å². The zero-order valence-electron chi connectivity index (χ0n) is 11.0. The van der Waals surface area contributed by atoms with Gasteiger partial charge in [-0.3, -0.25) is 0 Å². The quantitative estimate of drug-likeness (QED) is 0.693. The SMILES string of the molecule is CCc1ccc(CC)c(CCCCNC)c1. The van der Waals surface area contributed by atoms with Crippen LogP contribution in [0.5, 0.6) is 0 Å². The first-order chi connectivity index (χ1) is 7.81. The largest absolute Gasteiger partial charge is 0.320 e. The molecule has 1 aromatic rings. The molecule has 0 spiro atoms. The lowest BCUT2D eigenvalue weighted by atomic mass is 9.97. The molecule has 0 aromatic heterocycles. The summed E-state index contributed by atoms with van der Waals surface area (Å²) in [5.41, 5.74) is 4.57. The molecule has 1 aromatic carbocycles. The molecule has 0 atom stereocenters. The average Bonchev–Trinajstić information content (AvgIpc) is 2.34. The molecule has 0 unspecified atom stereocenters. The van der Waals surface area contributed by atoms with Gasteiger partial charge in [-0.2, -0.15) is 0 Å². The Morgan fingerprint density at radius 2 is 1.81 bits per heavy atom. The second kappa shape index (κ2) is 7.45. The summed E-state index contributed by atoms with van der Waals surface area (Å²) in [6.07, 6.45) is 6.11. The van der Waals surface area contributed by atoms with E-state index in [0.29, 0.717) is 0 Å². The molecule has 1 heteroatoms. The minimum absolute atomic E-state index is 1.13. The predicted octanol–water partition coefficient (Wildman–Crippen LogP) is 3.35. The summed E-state index contributed by atoms with van der Waals surface area (Å²) in [6, 6.07) is 6.99. The maximum atomic E-state index is 3.21. The highest BCUT2D eigenvalue weighted by Gasteiger charge is 2.01. The zero-order chi connectivity index (χ0) is 11.8. The van der Waals surface area contributed by atoms with Crippen molar-refractivity contribution in [3.05, 3.63) is 34.9 Å². The van der Waals surface area contributed by atoms with Gasteiger partial charge in [-0.1, -0.05) is 32.0 Å². The van der Waals surface area contributed by atoms with Gasteiger partial charge in [0.1, 0.15) is 0 Å². The van der Waals surface area contributed by atoms with Crippen LogP contribution in [-0.4, -0.2) is 13.6 Å². The number of unbranched alkanes of at least 4 members (excludes halogenated alkanes) is 1. The van der Waals surface area contributed by atoms with Gasteiger partial charge in [-0.15, -0.1) is 0 Å².